The maximum Gasteiger partial charge on any atom is 0.183 e. The van der Waals surface area contributed by atoms with E-state index in [9.17, 15) is 0 Å². The van der Waals surface area contributed by atoms with Gasteiger partial charge in [0.15, 0.2) is 5.90 Å². The van der Waals surface area contributed by atoms with E-state index in [1.165, 1.54) is 43.2 Å². The van der Waals surface area contributed by atoms with Crippen LogP contribution in [0, 0.1) is 6.92 Å². The molecule has 0 atom stereocenters. The van der Waals surface area contributed by atoms with Gasteiger partial charge in [-0.15, -0.1) is 0 Å². The molecule has 3 heterocycles. The molecule has 132 valence electrons. The Kier molecular flexibility index (Phi) is 6.55. The van der Waals surface area contributed by atoms with Gasteiger partial charge in [-0.25, -0.2) is 0 Å². The summed E-state index contributed by atoms with van der Waals surface area (Å²) in [5.41, 5.74) is 4.49. The summed E-state index contributed by atoms with van der Waals surface area (Å²) in [6.07, 6.45) is 12.1. The van der Waals surface area contributed by atoms with Gasteiger partial charge in [0.2, 0.25) is 0 Å². The van der Waals surface area contributed by atoms with Crippen LogP contribution in [0.15, 0.2) is 41.7 Å². The first-order valence-electron chi connectivity index (χ1n) is 9.35. The van der Waals surface area contributed by atoms with Crippen LogP contribution < -0.4 is 0 Å². The van der Waals surface area contributed by atoms with Crippen molar-refractivity contribution in [1.29, 1.82) is 0 Å². The molecule has 0 saturated heterocycles. The number of aromatic nitrogens is 2. The van der Waals surface area contributed by atoms with Crippen molar-refractivity contribution in [2.75, 3.05) is 13.2 Å². The second-order valence-corrected chi connectivity index (χ2v) is 6.66. The maximum absolute atomic E-state index is 5.43. The quantitative estimate of drug-likeness (QED) is 0.620. The number of rotatable bonds is 9. The van der Waals surface area contributed by atoms with E-state index in [1.54, 1.807) is 0 Å². The minimum atomic E-state index is 0.779. The summed E-state index contributed by atoms with van der Waals surface area (Å²) >= 11 is 0. The fourth-order valence-electron chi connectivity index (χ4n) is 3.11. The molecule has 4 heteroatoms. The van der Waals surface area contributed by atoms with Crippen molar-refractivity contribution in [2.24, 2.45) is 4.99 Å². The Balaban J connectivity index is 1.37. The lowest BCUT2D eigenvalue weighted by Crippen LogP contribution is -1.98. The summed E-state index contributed by atoms with van der Waals surface area (Å²) in [4.78, 5) is 13.2. The van der Waals surface area contributed by atoms with Crippen LogP contribution in [0.4, 0.5) is 0 Å². The van der Waals surface area contributed by atoms with Crippen LogP contribution in [0.1, 0.15) is 49.7 Å². The van der Waals surface area contributed by atoms with Crippen molar-refractivity contribution in [3.63, 3.8) is 0 Å². The summed E-state index contributed by atoms with van der Waals surface area (Å²) in [6.45, 7) is 3.71. The van der Waals surface area contributed by atoms with Gasteiger partial charge in [0.25, 0.3) is 0 Å². The fourth-order valence-corrected chi connectivity index (χ4v) is 3.11. The maximum atomic E-state index is 5.43. The Morgan fingerprint density at radius 1 is 0.880 bits per heavy atom. The van der Waals surface area contributed by atoms with E-state index < -0.39 is 0 Å². The van der Waals surface area contributed by atoms with Crippen LogP contribution in [-0.4, -0.2) is 29.0 Å². The van der Waals surface area contributed by atoms with E-state index >= 15 is 0 Å². The average Bonchev–Trinajstić information content (AvgIpc) is 3.15. The topological polar surface area (TPSA) is 47.4 Å². The zero-order chi connectivity index (χ0) is 17.3. The number of nitrogens with zero attached hydrogens (tertiary/aromatic N) is 3. The van der Waals surface area contributed by atoms with Crippen LogP contribution >= 0.6 is 0 Å². The van der Waals surface area contributed by atoms with Gasteiger partial charge < -0.3 is 4.74 Å². The molecule has 0 unspecified atom stereocenters. The Bertz CT molecular complexity index is 712. The molecule has 0 aliphatic carbocycles. The fraction of sp³-hybridized carbons (Fsp3) is 0.476. The number of aliphatic imine (C=N–C) groups is 1. The minimum absolute atomic E-state index is 0.779. The summed E-state index contributed by atoms with van der Waals surface area (Å²) in [5.74, 6) is 0.967. The van der Waals surface area contributed by atoms with Crippen molar-refractivity contribution < 1.29 is 4.74 Å². The number of pyridine rings is 2. The molecule has 0 aromatic carbocycles. The van der Waals surface area contributed by atoms with Crippen molar-refractivity contribution in [2.45, 2.75) is 51.9 Å². The molecular weight excluding hydrogens is 310 g/mol. The first kappa shape index (κ1) is 17.6. The van der Waals surface area contributed by atoms with Crippen LogP contribution in [0.2, 0.25) is 0 Å². The lowest BCUT2D eigenvalue weighted by Gasteiger charge is -2.06. The second kappa shape index (κ2) is 9.30. The first-order valence-corrected chi connectivity index (χ1v) is 9.35. The van der Waals surface area contributed by atoms with Crippen LogP contribution in [0.25, 0.3) is 11.4 Å². The Hall–Kier alpha value is -2.23. The van der Waals surface area contributed by atoms with Crippen LogP contribution in [0.3, 0.4) is 0 Å². The predicted octanol–water partition coefficient (Wildman–Crippen LogP) is 4.76. The molecule has 3 rings (SSSR count). The lowest BCUT2D eigenvalue weighted by molar-refractivity contribution is 0.336. The molecule has 0 spiro atoms. The van der Waals surface area contributed by atoms with Gasteiger partial charge >= 0.3 is 0 Å². The van der Waals surface area contributed by atoms with Gasteiger partial charge in [-0.1, -0.05) is 19.3 Å². The normalized spacial score (nSPS) is 13.6. The zero-order valence-corrected chi connectivity index (χ0v) is 15.1. The van der Waals surface area contributed by atoms with Crippen molar-refractivity contribution >= 4 is 5.90 Å². The summed E-state index contributed by atoms with van der Waals surface area (Å²) < 4.78 is 5.43. The Labute approximate surface area is 150 Å². The SMILES string of the molecule is Cc1ccnc(-c2cc(CCCCCCCC3=NCCO3)ccn2)c1. The third-order valence-electron chi connectivity index (χ3n) is 4.51. The standard InChI is InChI=1S/C21H27N3O/c1-17-9-11-22-19(15-17)20-16-18(10-12-23-20)7-5-3-2-4-6-8-21-24-13-14-25-21/h9-12,15-16H,2-8,13-14H2,1H3. The van der Waals surface area contributed by atoms with Gasteiger partial charge in [0.1, 0.15) is 6.61 Å². The lowest BCUT2D eigenvalue weighted by atomic mass is 10.0. The molecule has 0 N–H and O–H groups in total. The number of hydrogen-bond acceptors (Lipinski definition) is 4. The summed E-state index contributed by atoms with van der Waals surface area (Å²) in [7, 11) is 0. The first-order chi connectivity index (χ1) is 12.3. The smallest absolute Gasteiger partial charge is 0.183 e. The molecule has 0 saturated carbocycles. The van der Waals surface area contributed by atoms with E-state index in [4.69, 9.17) is 4.74 Å². The number of aryl methyl sites for hydroxylation is 2. The van der Waals surface area contributed by atoms with Gasteiger partial charge in [-0.2, -0.15) is 0 Å². The Morgan fingerprint density at radius 2 is 1.60 bits per heavy atom. The van der Waals surface area contributed by atoms with E-state index in [-0.39, 0.29) is 0 Å². The molecule has 2 aromatic heterocycles. The number of hydrogen-bond donors (Lipinski definition) is 0. The monoisotopic (exact) mass is 337 g/mol. The molecule has 1 aliphatic rings. The zero-order valence-electron chi connectivity index (χ0n) is 15.1. The highest BCUT2D eigenvalue weighted by atomic mass is 16.5. The molecule has 2 aromatic rings. The highest BCUT2D eigenvalue weighted by molar-refractivity contribution is 5.77. The van der Waals surface area contributed by atoms with E-state index in [1.807, 2.05) is 18.5 Å². The van der Waals surface area contributed by atoms with Gasteiger partial charge in [0, 0.05) is 18.8 Å². The van der Waals surface area contributed by atoms with Crippen LogP contribution in [0.5, 0.6) is 0 Å². The molecule has 0 amide bonds. The van der Waals surface area contributed by atoms with Gasteiger partial charge in [-0.3, -0.25) is 15.0 Å². The van der Waals surface area contributed by atoms with Gasteiger partial charge in [-0.05, 0) is 61.6 Å². The largest absolute Gasteiger partial charge is 0.479 e. The van der Waals surface area contributed by atoms with Gasteiger partial charge in [0.05, 0.1) is 17.9 Å². The third-order valence-corrected chi connectivity index (χ3v) is 4.51. The average molecular weight is 337 g/mol. The number of ether oxygens (including phenoxy) is 1. The third kappa shape index (κ3) is 5.66. The number of unbranched alkanes of at least 4 members (excludes halogenated alkanes) is 4. The summed E-state index contributed by atoms with van der Waals surface area (Å²) in [6, 6.07) is 8.40. The van der Waals surface area contributed by atoms with Crippen molar-refractivity contribution in [3.05, 3.63) is 47.8 Å². The molecule has 0 fully saturated rings. The second-order valence-electron chi connectivity index (χ2n) is 6.66. The molecule has 25 heavy (non-hydrogen) atoms. The highest BCUT2D eigenvalue weighted by Gasteiger charge is 2.06. The summed E-state index contributed by atoms with van der Waals surface area (Å²) in [5, 5.41) is 0. The highest BCUT2D eigenvalue weighted by Crippen LogP contribution is 2.18. The molecule has 1 aliphatic heterocycles. The predicted molar refractivity (Wildman–Crippen MR) is 102 cm³/mol. The molecule has 0 bridgehead atoms. The minimum Gasteiger partial charge on any atom is -0.479 e. The Morgan fingerprint density at radius 3 is 2.36 bits per heavy atom. The van der Waals surface area contributed by atoms with Crippen LogP contribution in [-0.2, 0) is 11.2 Å². The van der Waals surface area contributed by atoms with E-state index in [2.05, 4.69) is 40.1 Å². The van der Waals surface area contributed by atoms with Crippen molar-refractivity contribution in [3.8, 4) is 11.4 Å². The molecule has 0 radical (unpaired) electrons. The van der Waals surface area contributed by atoms with Crippen molar-refractivity contribution in [1.82, 2.24) is 9.97 Å². The van der Waals surface area contributed by atoms with E-state index in [0.717, 1.165) is 43.3 Å². The molecule has 4 nitrogen and oxygen atoms in total. The van der Waals surface area contributed by atoms with E-state index in [0.29, 0.717) is 0 Å². The molecular formula is C21H27N3O.